The van der Waals surface area contributed by atoms with E-state index in [9.17, 15) is 4.79 Å². The van der Waals surface area contributed by atoms with Gasteiger partial charge in [-0.05, 0) is 19.0 Å². The van der Waals surface area contributed by atoms with Crippen molar-refractivity contribution in [3.63, 3.8) is 0 Å². The highest BCUT2D eigenvalue weighted by molar-refractivity contribution is 5.84. The minimum atomic E-state index is -0.441. The van der Waals surface area contributed by atoms with Crippen LogP contribution in [0, 0.1) is 0 Å². The second-order valence-electron chi connectivity index (χ2n) is 4.85. The molecule has 1 aromatic heterocycles. The molecule has 0 saturated carbocycles. The van der Waals surface area contributed by atoms with Crippen molar-refractivity contribution in [2.75, 3.05) is 31.2 Å². The van der Waals surface area contributed by atoms with Crippen LogP contribution in [0.1, 0.15) is 18.9 Å². The largest absolute Gasteiger partial charge is 0.377 e. The molecule has 2 rings (SSSR count). The van der Waals surface area contributed by atoms with Gasteiger partial charge in [0.1, 0.15) is 11.9 Å². The highest BCUT2D eigenvalue weighted by atomic mass is 16.5. The number of hydrogen-bond acceptors (Lipinski definition) is 5. The third-order valence-corrected chi connectivity index (χ3v) is 3.34. The molecule has 0 spiro atoms. The van der Waals surface area contributed by atoms with Crippen LogP contribution < -0.4 is 16.0 Å². The van der Waals surface area contributed by atoms with E-state index in [1.54, 1.807) is 6.20 Å². The molecule has 20 heavy (non-hydrogen) atoms. The number of nitrogens with two attached hydrogens (primary N) is 1. The third kappa shape index (κ3) is 3.46. The van der Waals surface area contributed by atoms with Crippen molar-refractivity contribution in [1.29, 1.82) is 0 Å². The summed E-state index contributed by atoms with van der Waals surface area (Å²) >= 11 is 0. The van der Waals surface area contributed by atoms with Crippen LogP contribution in [0.3, 0.4) is 0 Å². The number of rotatable bonds is 6. The number of morpholine rings is 1. The Kier molecular flexibility index (Phi) is 5.31. The monoisotopic (exact) mass is 278 g/mol. The van der Waals surface area contributed by atoms with E-state index >= 15 is 0 Å². The predicted octanol–water partition coefficient (Wildman–Crippen LogP) is 0.272. The standard InChI is InChI=1S/C14H22N4O2/c1-2-5-16-9-11-4-3-6-17-14(11)18-7-8-20-10-12(18)13(15)19/h3-4,6,12,16H,2,5,7-10H2,1H3,(H2,15,19). The molecule has 1 fully saturated rings. The Balaban J connectivity index is 2.19. The molecule has 6 nitrogen and oxygen atoms in total. The number of nitrogens with zero attached hydrogens (tertiary/aromatic N) is 2. The van der Waals surface area contributed by atoms with Gasteiger partial charge in [-0.1, -0.05) is 13.0 Å². The molecule has 1 unspecified atom stereocenters. The van der Waals surface area contributed by atoms with Crippen LogP contribution in [0.15, 0.2) is 18.3 Å². The summed E-state index contributed by atoms with van der Waals surface area (Å²) < 4.78 is 5.35. The molecule has 1 amide bonds. The molecule has 1 aromatic rings. The Morgan fingerprint density at radius 2 is 2.50 bits per heavy atom. The van der Waals surface area contributed by atoms with Crippen molar-refractivity contribution in [2.24, 2.45) is 5.73 Å². The number of anilines is 1. The molecule has 3 N–H and O–H groups in total. The van der Waals surface area contributed by atoms with Gasteiger partial charge in [-0.2, -0.15) is 0 Å². The van der Waals surface area contributed by atoms with E-state index < -0.39 is 6.04 Å². The number of ether oxygens (including phenoxy) is 1. The average Bonchev–Trinajstić information content (AvgIpc) is 2.48. The fourth-order valence-corrected chi connectivity index (χ4v) is 2.32. The number of primary amides is 1. The molecule has 1 atom stereocenters. The molecule has 0 aromatic carbocycles. The van der Waals surface area contributed by atoms with Crippen molar-refractivity contribution in [3.05, 3.63) is 23.9 Å². The van der Waals surface area contributed by atoms with Crippen molar-refractivity contribution in [2.45, 2.75) is 25.9 Å². The second-order valence-corrected chi connectivity index (χ2v) is 4.85. The summed E-state index contributed by atoms with van der Waals surface area (Å²) in [6.07, 6.45) is 2.82. The second kappa shape index (κ2) is 7.21. The van der Waals surface area contributed by atoms with Crippen LogP contribution in [-0.2, 0) is 16.1 Å². The lowest BCUT2D eigenvalue weighted by Gasteiger charge is -2.35. The van der Waals surface area contributed by atoms with Crippen LogP contribution in [0.5, 0.6) is 0 Å². The maximum atomic E-state index is 11.6. The smallest absolute Gasteiger partial charge is 0.242 e. The quantitative estimate of drug-likeness (QED) is 0.730. The van der Waals surface area contributed by atoms with E-state index in [4.69, 9.17) is 10.5 Å². The number of nitrogens with one attached hydrogen (secondary N) is 1. The van der Waals surface area contributed by atoms with E-state index in [2.05, 4.69) is 17.2 Å². The van der Waals surface area contributed by atoms with Gasteiger partial charge in [-0.15, -0.1) is 0 Å². The van der Waals surface area contributed by atoms with Gasteiger partial charge >= 0.3 is 0 Å². The summed E-state index contributed by atoms with van der Waals surface area (Å²) in [5.74, 6) is 0.450. The van der Waals surface area contributed by atoms with Crippen LogP contribution >= 0.6 is 0 Å². The fraction of sp³-hybridized carbons (Fsp3) is 0.571. The molecule has 0 aliphatic carbocycles. The molecule has 110 valence electrons. The van der Waals surface area contributed by atoms with Crippen molar-refractivity contribution >= 4 is 11.7 Å². The van der Waals surface area contributed by atoms with Crippen LogP contribution in [0.25, 0.3) is 0 Å². The average molecular weight is 278 g/mol. The van der Waals surface area contributed by atoms with E-state index in [1.165, 1.54) is 0 Å². The summed E-state index contributed by atoms with van der Waals surface area (Å²) in [5.41, 5.74) is 6.54. The van der Waals surface area contributed by atoms with Gasteiger partial charge in [-0.25, -0.2) is 4.98 Å². The van der Waals surface area contributed by atoms with Gasteiger partial charge in [0, 0.05) is 24.8 Å². The Morgan fingerprint density at radius 1 is 1.65 bits per heavy atom. The zero-order valence-electron chi connectivity index (χ0n) is 11.8. The molecule has 1 saturated heterocycles. The number of hydrogen-bond donors (Lipinski definition) is 2. The SMILES string of the molecule is CCCNCc1cccnc1N1CCOCC1C(N)=O. The number of aromatic nitrogens is 1. The highest BCUT2D eigenvalue weighted by Crippen LogP contribution is 2.21. The first-order valence-corrected chi connectivity index (χ1v) is 7.02. The molecule has 1 aliphatic heterocycles. The first-order valence-electron chi connectivity index (χ1n) is 7.02. The Hall–Kier alpha value is -1.66. The predicted molar refractivity (Wildman–Crippen MR) is 77.4 cm³/mol. The summed E-state index contributed by atoms with van der Waals surface area (Å²) in [6, 6.07) is 3.49. The first kappa shape index (κ1) is 14.7. The Morgan fingerprint density at radius 3 is 3.25 bits per heavy atom. The Labute approximate surface area is 119 Å². The molecule has 0 radical (unpaired) electrons. The van der Waals surface area contributed by atoms with Crippen LogP contribution in [0.4, 0.5) is 5.82 Å². The molecular formula is C14H22N4O2. The number of carbonyl (C=O) groups excluding carboxylic acids is 1. The number of carbonyl (C=O) groups is 1. The summed E-state index contributed by atoms with van der Waals surface area (Å²) in [6.45, 7) is 5.36. The first-order chi connectivity index (χ1) is 9.74. The van der Waals surface area contributed by atoms with Gasteiger partial charge in [0.25, 0.3) is 0 Å². The van der Waals surface area contributed by atoms with Gasteiger partial charge in [-0.3, -0.25) is 4.79 Å². The lowest BCUT2D eigenvalue weighted by molar-refractivity contribution is -0.121. The van der Waals surface area contributed by atoms with Crippen molar-refractivity contribution in [1.82, 2.24) is 10.3 Å². The third-order valence-electron chi connectivity index (χ3n) is 3.34. The van der Waals surface area contributed by atoms with Crippen molar-refractivity contribution < 1.29 is 9.53 Å². The van der Waals surface area contributed by atoms with E-state index in [1.807, 2.05) is 17.0 Å². The number of pyridine rings is 1. The minimum absolute atomic E-state index is 0.327. The topological polar surface area (TPSA) is 80.5 Å². The van der Waals surface area contributed by atoms with Gasteiger partial charge in [0.15, 0.2) is 0 Å². The van der Waals surface area contributed by atoms with Crippen LogP contribution in [0.2, 0.25) is 0 Å². The molecule has 2 heterocycles. The lowest BCUT2D eigenvalue weighted by Crippen LogP contribution is -2.53. The lowest BCUT2D eigenvalue weighted by atomic mass is 10.1. The van der Waals surface area contributed by atoms with E-state index in [-0.39, 0.29) is 5.91 Å². The normalized spacial score (nSPS) is 19.1. The molecule has 1 aliphatic rings. The molecule has 0 bridgehead atoms. The Bertz CT molecular complexity index is 453. The van der Waals surface area contributed by atoms with E-state index in [0.717, 1.165) is 30.9 Å². The summed E-state index contributed by atoms with van der Waals surface area (Å²) in [7, 11) is 0. The fourth-order valence-electron chi connectivity index (χ4n) is 2.32. The summed E-state index contributed by atoms with van der Waals surface area (Å²) in [4.78, 5) is 18.0. The molecule has 6 heteroatoms. The van der Waals surface area contributed by atoms with E-state index in [0.29, 0.717) is 19.8 Å². The summed E-state index contributed by atoms with van der Waals surface area (Å²) in [5, 5.41) is 3.36. The highest BCUT2D eigenvalue weighted by Gasteiger charge is 2.29. The van der Waals surface area contributed by atoms with Gasteiger partial charge in [0.2, 0.25) is 5.91 Å². The zero-order chi connectivity index (χ0) is 14.4. The van der Waals surface area contributed by atoms with Gasteiger partial charge < -0.3 is 20.7 Å². The number of amides is 1. The minimum Gasteiger partial charge on any atom is -0.377 e. The maximum Gasteiger partial charge on any atom is 0.242 e. The zero-order valence-corrected chi connectivity index (χ0v) is 11.8. The maximum absolute atomic E-state index is 11.6. The molecular weight excluding hydrogens is 256 g/mol. The van der Waals surface area contributed by atoms with Crippen LogP contribution in [-0.4, -0.2) is 43.2 Å². The van der Waals surface area contributed by atoms with Crippen molar-refractivity contribution in [3.8, 4) is 0 Å². The van der Waals surface area contributed by atoms with Gasteiger partial charge in [0.05, 0.1) is 13.2 Å².